The summed E-state index contributed by atoms with van der Waals surface area (Å²) in [5.74, 6) is 0. The zero-order valence-electron chi connectivity index (χ0n) is 7.48. The summed E-state index contributed by atoms with van der Waals surface area (Å²) in [6.45, 7) is 0.770. The molecule has 0 aliphatic carbocycles. The molecule has 0 N–H and O–H groups in total. The van der Waals surface area contributed by atoms with E-state index < -0.39 is 0 Å². The molecule has 0 atom stereocenters. The first-order valence-electron chi connectivity index (χ1n) is 4.31. The van der Waals surface area contributed by atoms with Crippen LogP contribution >= 0.6 is 0 Å². The predicted octanol–water partition coefficient (Wildman–Crippen LogP) is 2.33. The van der Waals surface area contributed by atoms with E-state index in [9.17, 15) is 9.81 Å². The Balaban J connectivity index is 2.83. The fourth-order valence-corrected chi connectivity index (χ4v) is 0.938. The summed E-state index contributed by atoms with van der Waals surface area (Å²) >= 11 is 0. The van der Waals surface area contributed by atoms with Crippen LogP contribution < -0.4 is 0 Å². The second-order valence-corrected chi connectivity index (χ2v) is 2.58. The highest BCUT2D eigenvalue weighted by Gasteiger charge is 1.92. The molecule has 0 aromatic rings. The zero-order chi connectivity index (χ0) is 9.78. The van der Waals surface area contributed by atoms with E-state index in [1.807, 2.05) is 0 Å². The average Bonchev–Trinajstić information content (AvgIpc) is 2.16. The fraction of sp³-hybridized carbons (Fsp3) is 1.00. The molecule has 0 saturated heterocycles. The Hall–Kier alpha value is -1.20. The SMILES string of the molecule is O=NOCCCCCCCON=O. The van der Waals surface area contributed by atoms with E-state index in [2.05, 4.69) is 20.4 Å². The third kappa shape index (κ3) is 10.8. The van der Waals surface area contributed by atoms with Crippen LogP contribution in [0.4, 0.5) is 0 Å². The van der Waals surface area contributed by atoms with Gasteiger partial charge in [0.05, 0.1) is 0 Å². The lowest BCUT2D eigenvalue weighted by atomic mass is 10.1. The molecule has 0 aliphatic heterocycles. The minimum absolute atomic E-state index is 0.385. The number of nitrogens with zero attached hydrogens (tertiary/aromatic N) is 2. The molecular weight excluding hydrogens is 176 g/mol. The monoisotopic (exact) mass is 190 g/mol. The molecule has 0 amide bonds. The molecule has 0 aliphatic rings. The smallest absolute Gasteiger partial charge is 0.155 e. The van der Waals surface area contributed by atoms with Crippen molar-refractivity contribution in [3.05, 3.63) is 9.81 Å². The highest BCUT2D eigenvalue weighted by molar-refractivity contribution is 4.43. The number of unbranched alkanes of at least 4 members (excludes halogenated alkanes) is 4. The van der Waals surface area contributed by atoms with Crippen LogP contribution in [-0.4, -0.2) is 13.2 Å². The largest absolute Gasteiger partial charge is 0.364 e. The van der Waals surface area contributed by atoms with Crippen molar-refractivity contribution in [2.75, 3.05) is 13.2 Å². The van der Waals surface area contributed by atoms with Gasteiger partial charge in [0.25, 0.3) is 0 Å². The van der Waals surface area contributed by atoms with Crippen molar-refractivity contribution in [3.63, 3.8) is 0 Å². The number of hydrogen-bond acceptors (Lipinski definition) is 6. The highest BCUT2D eigenvalue weighted by Crippen LogP contribution is 2.03. The van der Waals surface area contributed by atoms with Crippen LogP contribution in [-0.2, 0) is 9.68 Å². The van der Waals surface area contributed by atoms with Crippen LogP contribution in [0.25, 0.3) is 0 Å². The van der Waals surface area contributed by atoms with Crippen molar-refractivity contribution in [2.24, 2.45) is 10.7 Å². The van der Waals surface area contributed by atoms with Crippen LogP contribution in [0.1, 0.15) is 32.1 Å². The van der Waals surface area contributed by atoms with E-state index in [-0.39, 0.29) is 0 Å². The summed E-state index contributed by atoms with van der Waals surface area (Å²) in [5, 5.41) is 4.55. The van der Waals surface area contributed by atoms with Gasteiger partial charge in [-0.15, -0.1) is 9.81 Å². The molecule has 0 radical (unpaired) electrons. The van der Waals surface area contributed by atoms with Gasteiger partial charge in [-0.25, -0.2) is 0 Å². The van der Waals surface area contributed by atoms with Crippen molar-refractivity contribution in [1.29, 1.82) is 0 Å². The van der Waals surface area contributed by atoms with Crippen LogP contribution in [0.5, 0.6) is 0 Å². The third-order valence-corrected chi connectivity index (χ3v) is 1.58. The molecule has 76 valence electrons. The summed E-state index contributed by atoms with van der Waals surface area (Å²) in [6, 6.07) is 0. The Kier molecular flexibility index (Phi) is 9.80. The van der Waals surface area contributed by atoms with Gasteiger partial charge in [-0.1, -0.05) is 6.42 Å². The molecular formula is C7H14N2O4. The Morgan fingerprint density at radius 3 is 1.46 bits per heavy atom. The second-order valence-electron chi connectivity index (χ2n) is 2.58. The summed E-state index contributed by atoms with van der Waals surface area (Å²) in [6.07, 6.45) is 4.68. The molecule has 6 heteroatoms. The Morgan fingerprint density at radius 1 is 0.692 bits per heavy atom. The average molecular weight is 190 g/mol. The standard InChI is InChI=1S/C7H14N2O4/c10-8-12-6-4-2-1-3-5-7-13-9-11/h1-7H2. The maximum absolute atomic E-state index is 9.48. The van der Waals surface area contributed by atoms with Gasteiger partial charge in [-0.3, -0.25) is 0 Å². The molecule has 13 heavy (non-hydrogen) atoms. The number of hydrogen-bond donors (Lipinski definition) is 0. The summed E-state index contributed by atoms with van der Waals surface area (Å²) in [4.78, 5) is 27.5. The van der Waals surface area contributed by atoms with Crippen molar-refractivity contribution in [2.45, 2.75) is 32.1 Å². The minimum atomic E-state index is 0.385. The van der Waals surface area contributed by atoms with Gasteiger partial charge in [-0.05, 0) is 25.7 Å². The van der Waals surface area contributed by atoms with Gasteiger partial charge >= 0.3 is 0 Å². The maximum atomic E-state index is 9.48. The van der Waals surface area contributed by atoms with E-state index in [0.717, 1.165) is 32.1 Å². The summed E-state index contributed by atoms with van der Waals surface area (Å²) in [7, 11) is 0. The van der Waals surface area contributed by atoms with Crippen LogP contribution in [0.15, 0.2) is 10.7 Å². The van der Waals surface area contributed by atoms with Gasteiger partial charge in [0.2, 0.25) is 0 Å². The van der Waals surface area contributed by atoms with Crippen LogP contribution in [0.2, 0.25) is 0 Å². The predicted molar refractivity (Wildman–Crippen MR) is 46.6 cm³/mol. The molecule has 0 fully saturated rings. The van der Waals surface area contributed by atoms with Gasteiger partial charge in [0, 0.05) is 0 Å². The second kappa shape index (κ2) is 10.8. The normalized spacial score (nSPS) is 9.23. The van der Waals surface area contributed by atoms with Crippen molar-refractivity contribution >= 4 is 0 Å². The molecule has 0 saturated carbocycles. The van der Waals surface area contributed by atoms with E-state index in [4.69, 9.17) is 0 Å². The van der Waals surface area contributed by atoms with Gasteiger partial charge in [0.15, 0.2) is 10.7 Å². The zero-order valence-corrected chi connectivity index (χ0v) is 7.48. The third-order valence-electron chi connectivity index (χ3n) is 1.58. The van der Waals surface area contributed by atoms with Gasteiger partial charge in [-0.2, -0.15) is 0 Å². The quantitative estimate of drug-likeness (QED) is 0.301. The van der Waals surface area contributed by atoms with E-state index >= 15 is 0 Å². The van der Waals surface area contributed by atoms with E-state index in [0.29, 0.717) is 13.2 Å². The molecule has 0 bridgehead atoms. The minimum Gasteiger partial charge on any atom is -0.364 e. The first-order chi connectivity index (χ1) is 6.41. The van der Waals surface area contributed by atoms with Crippen molar-refractivity contribution in [1.82, 2.24) is 0 Å². The molecule has 0 rings (SSSR count). The van der Waals surface area contributed by atoms with Gasteiger partial charge in [0.1, 0.15) is 13.2 Å². The van der Waals surface area contributed by atoms with Crippen LogP contribution in [0, 0.1) is 9.81 Å². The van der Waals surface area contributed by atoms with Gasteiger partial charge < -0.3 is 9.68 Å². The topological polar surface area (TPSA) is 77.3 Å². The molecule has 0 aromatic carbocycles. The molecule has 0 aromatic heterocycles. The summed E-state index contributed by atoms with van der Waals surface area (Å²) < 4.78 is 0. The van der Waals surface area contributed by atoms with E-state index in [1.165, 1.54) is 0 Å². The first-order valence-corrected chi connectivity index (χ1v) is 4.31. The van der Waals surface area contributed by atoms with Crippen LogP contribution in [0.3, 0.4) is 0 Å². The number of rotatable bonds is 10. The first kappa shape index (κ1) is 11.8. The summed E-state index contributed by atoms with van der Waals surface area (Å²) in [5.41, 5.74) is 0. The van der Waals surface area contributed by atoms with E-state index in [1.54, 1.807) is 0 Å². The Labute approximate surface area is 76.5 Å². The lowest BCUT2D eigenvalue weighted by molar-refractivity contribution is 0.130. The van der Waals surface area contributed by atoms with Crippen molar-refractivity contribution in [3.8, 4) is 0 Å². The molecule has 0 spiro atoms. The highest BCUT2D eigenvalue weighted by atomic mass is 16.7. The Bertz CT molecular complexity index is 118. The fourth-order valence-electron chi connectivity index (χ4n) is 0.938. The van der Waals surface area contributed by atoms with Crippen molar-refractivity contribution < 1.29 is 9.68 Å². The lowest BCUT2D eigenvalue weighted by Crippen LogP contribution is -1.90. The molecule has 0 unspecified atom stereocenters. The molecule has 0 heterocycles. The molecule has 6 nitrogen and oxygen atoms in total. The Morgan fingerprint density at radius 2 is 1.08 bits per heavy atom. The maximum Gasteiger partial charge on any atom is 0.155 e. The lowest BCUT2D eigenvalue weighted by Gasteiger charge is -1.98.